The zero-order chi connectivity index (χ0) is 15.7. The highest BCUT2D eigenvalue weighted by Crippen LogP contribution is 2.32. The van der Waals surface area contributed by atoms with E-state index in [0.29, 0.717) is 11.3 Å². The molecule has 2 heterocycles. The number of hydrogen-bond acceptors (Lipinski definition) is 5. The average molecular weight is 338 g/mol. The Morgan fingerprint density at radius 3 is 2.95 bits per heavy atom. The number of aromatic nitrogens is 2. The van der Waals surface area contributed by atoms with E-state index in [0.717, 1.165) is 53.3 Å². The molecule has 0 radical (unpaired) electrons. The van der Waals surface area contributed by atoms with Crippen molar-refractivity contribution in [3.63, 3.8) is 0 Å². The fraction of sp³-hybridized carbons (Fsp3) is 0.625. The summed E-state index contributed by atoms with van der Waals surface area (Å²) in [6.45, 7) is 6.06. The lowest BCUT2D eigenvalue weighted by Gasteiger charge is -2.29. The average Bonchev–Trinajstić information content (AvgIpc) is 2.88. The normalized spacial score (nSPS) is 23.6. The summed E-state index contributed by atoms with van der Waals surface area (Å²) in [6.07, 6.45) is 4.34. The standard InChI is InChI=1S/C16H23N3OS2/c1-4-22(20)13-7-5-6-12(8-13)19-15-14-10(2)9-21-16(14)18-11(3)17-15/h9,12-13H,4-8H2,1-3H3,(H,17,18,19). The SMILES string of the molecule is CCS(=O)C1CCCC(Nc2nc(C)nc3scc(C)c23)C1. The molecule has 1 aliphatic carbocycles. The summed E-state index contributed by atoms with van der Waals surface area (Å²) in [5.41, 5.74) is 1.23. The van der Waals surface area contributed by atoms with Crippen molar-refractivity contribution in [1.29, 1.82) is 0 Å². The zero-order valence-corrected chi connectivity index (χ0v) is 15.0. The lowest BCUT2D eigenvalue weighted by Crippen LogP contribution is -2.33. The first-order chi connectivity index (χ1) is 10.6. The van der Waals surface area contributed by atoms with Crippen LogP contribution >= 0.6 is 11.3 Å². The molecule has 4 nitrogen and oxygen atoms in total. The third-order valence-electron chi connectivity index (χ3n) is 4.35. The van der Waals surface area contributed by atoms with Crippen LogP contribution in [-0.2, 0) is 10.8 Å². The van der Waals surface area contributed by atoms with E-state index in [4.69, 9.17) is 0 Å². The topological polar surface area (TPSA) is 54.9 Å². The third-order valence-corrected chi connectivity index (χ3v) is 7.08. The minimum absolute atomic E-state index is 0.332. The largest absolute Gasteiger partial charge is 0.367 e. The highest BCUT2D eigenvalue weighted by Gasteiger charge is 2.26. The van der Waals surface area contributed by atoms with Crippen molar-refractivity contribution in [1.82, 2.24) is 9.97 Å². The summed E-state index contributed by atoms with van der Waals surface area (Å²) in [5.74, 6) is 2.52. The molecule has 0 spiro atoms. The van der Waals surface area contributed by atoms with Gasteiger partial charge in [0.2, 0.25) is 0 Å². The van der Waals surface area contributed by atoms with Gasteiger partial charge in [-0.1, -0.05) is 13.3 Å². The third kappa shape index (κ3) is 3.18. The van der Waals surface area contributed by atoms with Gasteiger partial charge >= 0.3 is 0 Å². The number of rotatable bonds is 4. The first-order valence-corrected chi connectivity index (χ1v) is 10.2. The van der Waals surface area contributed by atoms with Gasteiger partial charge in [-0.3, -0.25) is 4.21 Å². The molecule has 120 valence electrons. The van der Waals surface area contributed by atoms with Gasteiger partial charge in [-0.25, -0.2) is 9.97 Å². The van der Waals surface area contributed by atoms with Crippen LogP contribution in [0.1, 0.15) is 44.0 Å². The Morgan fingerprint density at radius 1 is 1.36 bits per heavy atom. The van der Waals surface area contributed by atoms with Crippen molar-refractivity contribution in [3.05, 3.63) is 16.8 Å². The van der Waals surface area contributed by atoms with E-state index in [-0.39, 0.29) is 0 Å². The lowest BCUT2D eigenvalue weighted by atomic mass is 9.95. The van der Waals surface area contributed by atoms with Crippen molar-refractivity contribution in [2.24, 2.45) is 0 Å². The summed E-state index contributed by atoms with van der Waals surface area (Å²) in [6, 6.07) is 0.367. The number of nitrogens with zero attached hydrogens (tertiary/aromatic N) is 2. The molecule has 0 saturated heterocycles. The Kier molecular flexibility index (Phi) is 4.78. The number of anilines is 1. The Balaban J connectivity index is 1.83. The van der Waals surface area contributed by atoms with E-state index >= 15 is 0 Å². The van der Waals surface area contributed by atoms with Gasteiger partial charge in [-0.2, -0.15) is 0 Å². The molecule has 6 heteroatoms. The summed E-state index contributed by atoms with van der Waals surface area (Å²) in [5, 5.41) is 7.24. The fourth-order valence-electron chi connectivity index (χ4n) is 3.24. The second-order valence-corrected chi connectivity index (χ2v) is 8.88. The second kappa shape index (κ2) is 6.62. The van der Waals surface area contributed by atoms with Crippen LogP contribution in [0, 0.1) is 13.8 Å². The maximum Gasteiger partial charge on any atom is 0.138 e. The maximum absolute atomic E-state index is 12.1. The quantitative estimate of drug-likeness (QED) is 0.922. The Hall–Kier alpha value is -1.01. The van der Waals surface area contributed by atoms with Gasteiger partial charge < -0.3 is 5.32 Å². The smallest absolute Gasteiger partial charge is 0.138 e. The number of fused-ring (bicyclic) bond motifs is 1. The van der Waals surface area contributed by atoms with Gasteiger partial charge in [0.25, 0.3) is 0 Å². The van der Waals surface area contributed by atoms with Gasteiger partial charge in [-0.05, 0) is 44.1 Å². The van der Waals surface area contributed by atoms with E-state index in [1.807, 2.05) is 13.8 Å². The van der Waals surface area contributed by atoms with Crippen LogP contribution < -0.4 is 5.32 Å². The van der Waals surface area contributed by atoms with E-state index < -0.39 is 10.8 Å². The number of nitrogens with one attached hydrogen (secondary N) is 1. The first kappa shape index (κ1) is 15.9. The summed E-state index contributed by atoms with van der Waals surface area (Å²) in [4.78, 5) is 10.2. The van der Waals surface area contributed by atoms with Crippen LogP contribution in [0.5, 0.6) is 0 Å². The van der Waals surface area contributed by atoms with Crippen molar-refractivity contribution in [2.45, 2.75) is 57.7 Å². The number of hydrogen-bond donors (Lipinski definition) is 1. The minimum atomic E-state index is -0.691. The molecular weight excluding hydrogens is 314 g/mol. The van der Waals surface area contributed by atoms with Gasteiger partial charge in [0.15, 0.2) is 0 Å². The van der Waals surface area contributed by atoms with Crippen molar-refractivity contribution in [3.8, 4) is 0 Å². The second-order valence-electron chi connectivity index (χ2n) is 6.02. The van der Waals surface area contributed by atoms with E-state index in [9.17, 15) is 4.21 Å². The van der Waals surface area contributed by atoms with Gasteiger partial charge in [0.05, 0.1) is 5.39 Å². The zero-order valence-electron chi connectivity index (χ0n) is 13.4. The molecule has 3 rings (SSSR count). The molecule has 1 N–H and O–H groups in total. The summed E-state index contributed by atoms with van der Waals surface area (Å²) in [7, 11) is -0.691. The predicted molar refractivity (Wildman–Crippen MR) is 95.2 cm³/mol. The molecule has 2 aromatic rings. The van der Waals surface area contributed by atoms with Gasteiger partial charge in [0.1, 0.15) is 16.5 Å². The first-order valence-electron chi connectivity index (χ1n) is 7.94. The minimum Gasteiger partial charge on any atom is -0.367 e. The lowest BCUT2D eigenvalue weighted by molar-refractivity contribution is 0.464. The molecular formula is C16H23N3OS2. The Labute approximate surface area is 138 Å². The highest BCUT2D eigenvalue weighted by atomic mass is 32.2. The van der Waals surface area contributed by atoms with E-state index in [2.05, 4.69) is 27.6 Å². The van der Waals surface area contributed by atoms with Crippen LogP contribution in [0.2, 0.25) is 0 Å². The van der Waals surface area contributed by atoms with Gasteiger partial charge in [0, 0.05) is 27.8 Å². The summed E-state index contributed by atoms with van der Waals surface area (Å²) < 4.78 is 12.1. The molecule has 3 atom stereocenters. The molecule has 3 unspecified atom stereocenters. The molecule has 0 bridgehead atoms. The predicted octanol–water partition coefficient (Wildman–Crippen LogP) is 3.80. The highest BCUT2D eigenvalue weighted by molar-refractivity contribution is 7.85. The Morgan fingerprint density at radius 2 is 2.18 bits per heavy atom. The van der Waals surface area contributed by atoms with Crippen molar-refractivity contribution < 1.29 is 4.21 Å². The monoisotopic (exact) mass is 337 g/mol. The summed E-state index contributed by atoms with van der Waals surface area (Å²) >= 11 is 1.67. The van der Waals surface area contributed by atoms with E-state index in [1.54, 1.807) is 11.3 Å². The molecule has 1 fully saturated rings. The number of thiophene rings is 1. The van der Waals surface area contributed by atoms with Crippen molar-refractivity contribution >= 4 is 38.2 Å². The molecule has 0 aromatic carbocycles. The molecule has 1 saturated carbocycles. The van der Waals surface area contributed by atoms with Gasteiger partial charge in [-0.15, -0.1) is 11.3 Å². The number of aryl methyl sites for hydroxylation is 2. The van der Waals surface area contributed by atoms with Crippen LogP contribution in [0.3, 0.4) is 0 Å². The fourth-order valence-corrected chi connectivity index (χ4v) is 5.55. The van der Waals surface area contributed by atoms with Crippen molar-refractivity contribution in [2.75, 3.05) is 11.1 Å². The molecule has 1 aliphatic rings. The van der Waals surface area contributed by atoms with Crippen LogP contribution in [-0.4, -0.2) is 31.2 Å². The van der Waals surface area contributed by atoms with Crippen LogP contribution in [0.25, 0.3) is 10.2 Å². The molecule has 22 heavy (non-hydrogen) atoms. The maximum atomic E-state index is 12.1. The van der Waals surface area contributed by atoms with Crippen LogP contribution in [0.15, 0.2) is 5.38 Å². The molecule has 0 amide bonds. The Bertz CT molecular complexity index is 698. The van der Waals surface area contributed by atoms with E-state index in [1.165, 1.54) is 5.56 Å². The molecule has 0 aliphatic heterocycles. The van der Waals surface area contributed by atoms with Crippen LogP contribution in [0.4, 0.5) is 5.82 Å². The molecule has 2 aromatic heterocycles.